The fraction of sp³-hybridized carbons (Fsp3) is 0. The van der Waals surface area contributed by atoms with Crippen LogP contribution in [0, 0.1) is 23.7 Å². The standard InChI is InChI=1S/2C18H15P.C10H8N2.2CN.Os/c2*1-4-10-16(11-5-1)19(17-12-6-2-7-13-17)18-14-8-3-9-15-18;1-3-7-11-9(5-1)10-6-2-4-8-12-10;2*1-2;/h2*1-15H;1-8H;;;/q;;;2*-1;+2/p+2. The van der Waals surface area contributed by atoms with E-state index in [9.17, 15) is 0 Å². The molecule has 0 N–H and O–H groups in total. The molecule has 2 aromatic heterocycles. The van der Waals surface area contributed by atoms with Gasteiger partial charge in [0, 0.05) is 12.4 Å². The van der Waals surface area contributed by atoms with Gasteiger partial charge in [0.25, 0.3) is 0 Å². The van der Waals surface area contributed by atoms with E-state index in [1.807, 2.05) is 36.4 Å². The molecule has 7 heteroatoms. The molecule has 0 saturated heterocycles. The van der Waals surface area contributed by atoms with Crippen LogP contribution in [-0.4, -0.2) is 9.97 Å². The Kier molecular flexibility index (Phi) is 20.5. The molecule has 0 fully saturated rings. The molecule has 0 aliphatic heterocycles. The van der Waals surface area contributed by atoms with Gasteiger partial charge in [-0.05, 0) is 97.1 Å². The summed E-state index contributed by atoms with van der Waals surface area (Å²) in [6, 6.07) is 76.6. The van der Waals surface area contributed by atoms with Gasteiger partial charge < -0.3 is 23.7 Å². The maximum Gasteiger partial charge on any atom is 2.00 e. The summed E-state index contributed by atoms with van der Waals surface area (Å²) in [5, 5.41) is 21.1. The number of benzene rings is 6. The van der Waals surface area contributed by atoms with Gasteiger partial charge in [0.05, 0.1) is 27.2 Å². The third-order valence-electron chi connectivity index (χ3n) is 7.97. The van der Waals surface area contributed by atoms with E-state index < -0.39 is 15.8 Å². The first-order chi connectivity index (χ1) is 26.9. The van der Waals surface area contributed by atoms with Crippen molar-refractivity contribution in [3.8, 4) is 11.4 Å². The second kappa shape index (κ2) is 26.0. The Morgan fingerprint density at radius 2 is 0.455 bits per heavy atom. The smallest absolute Gasteiger partial charge is 0.512 e. The first kappa shape index (κ1) is 43.5. The average molecular weight is 925 g/mol. The minimum absolute atomic E-state index is 0. The van der Waals surface area contributed by atoms with Gasteiger partial charge in [-0.25, -0.2) is 0 Å². The van der Waals surface area contributed by atoms with E-state index in [-0.39, 0.29) is 19.8 Å². The van der Waals surface area contributed by atoms with Crippen LogP contribution in [0.25, 0.3) is 11.4 Å². The minimum Gasteiger partial charge on any atom is -0.512 e. The summed E-state index contributed by atoms with van der Waals surface area (Å²) in [4.78, 5) is 8.37. The third-order valence-corrected chi connectivity index (χ3v) is 13.4. The monoisotopic (exact) mass is 926 g/mol. The topological polar surface area (TPSA) is 73.4 Å². The maximum absolute atomic E-state index is 6.25. The molecular weight excluding hydrogens is 885 g/mol. The number of nitrogens with zero attached hydrogens (tertiary/aromatic N) is 4. The van der Waals surface area contributed by atoms with Gasteiger partial charge >= 0.3 is 19.8 Å². The van der Waals surface area contributed by atoms with Crippen molar-refractivity contribution in [1.82, 2.24) is 9.97 Å². The molecule has 55 heavy (non-hydrogen) atoms. The van der Waals surface area contributed by atoms with Gasteiger partial charge in [-0.3, -0.25) is 9.97 Å². The molecule has 0 unspecified atom stereocenters. The van der Waals surface area contributed by atoms with Crippen molar-refractivity contribution in [2.75, 3.05) is 0 Å². The molecule has 0 amide bonds. The van der Waals surface area contributed by atoms with Crippen molar-refractivity contribution in [3.63, 3.8) is 0 Å². The van der Waals surface area contributed by atoms with Crippen LogP contribution in [0.3, 0.4) is 0 Å². The Morgan fingerprint density at radius 3 is 0.618 bits per heavy atom. The predicted molar refractivity (Wildman–Crippen MR) is 230 cm³/mol. The second-order valence-corrected chi connectivity index (χ2v) is 16.3. The molecule has 4 nitrogen and oxygen atoms in total. The van der Waals surface area contributed by atoms with Crippen LogP contribution in [0.4, 0.5) is 0 Å². The molecule has 2 heterocycles. The Bertz CT molecular complexity index is 1830. The van der Waals surface area contributed by atoms with E-state index in [0.717, 1.165) is 11.4 Å². The van der Waals surface area contributed by atoms with E-state index in [4.69, 9.17) is 23.7 Å². The Hall–Kier alpha value is -5.90. The molecule has 6 aromatic carbocycles. The summed E-state index contributed by atoms with van der Waals surface area (Å²) in [6.45, 7) is 9.50. The third kappa shape index (κ3) is 13.8. The van der Waals surface area contributed by atoms with Gasteiger partial charge in [-0.2, -0.15) is 0 Å². The van der Waals surface area contributed by atoms with Crippen molar-refractivity contribution in [2.45, 2.75) is 0 Å². The summed E-state index contributed by atoms with van der Waals surface area (Å²) < 4.78 is 0. The first-order valence-corrected chi connectivity index (χ1v) is 20.2. The molecule has 0 bridgehead atoms. The Morgan fingerprint density at radius 1 is 0.273 bits per heavy atom. The predicted octanol–water partition coefficient (Wildman–Crippen LogP) is 8.69. The average Bonchev–Trinajstić information content (AvgIpc) is 3.29. The van der Waals surface area contributed by atoms with Gasteiger partial charge in [0.15, 0.2) is 0 Å². The first-order valence-electron chi connectivity index (χ1n) is 17.2. The largest absolute Gasteiger partial charge is 2.00 e. The number of hydrogen-bond acceptors (Lipinski definition) is 4. The number of pyridine rings is 2. The fourth-order valence-electron chi connectivity index (χ4n) is 5.66. The zero-order valence-electron chi connectivity index (χ0n) is 30.1. The van der Waals surface area contributed by atoms with Crippen molar-refractivity contribution in [3.05, 3.63) is 244 Å². The van der Waals surface area contributed by atoms with Crippen LogP contribution >= 0.6 is 15.8 Å². The molecule has 0 saturated carbocycles. The van der Waals surface area contributed by atoms with Gasteiger partial charge in [-0.15, -0.1) is 0 Å². The quantitative estimate of drug-likeness (QED) is 0.119. The second-order valence-electron chi connectivity index (χ2n) is 11.4. The van der Waals surface area contributed by atoms with E-state index in [1.165, 1.54) is 31.8 Å². The zero-order valence-corrected chi connectivity index (χ0v) is 34.6. The van der Waals surface area contributed by atoms with Crippen molar-refractivity contribution in [2.24, 2.45) is 0 Å². The Balaban J connectivity index is 0.000000215. The van der Waals surface area contributed by atoms with Crippen LogP contribution < -0.4 is 31.8 Å². The molecule has 0 aliphatic carbocycles. The molecule has 268 valence electrons. The normalized spacial score (nSPS) is 9.49. The van der Waals surface area contributed by atoms with Crippen LogP contribution in [0.2, 0.25) is 0 Å². The summed E-state index contributed by atoms with van der Waals surface area (Å²) in [7, 11) is -1.75. The van der Waals surface area contributed by atoms with E-state index >= 15 is 0 Å². The molecule has 0 radical (unpaired) electrons. The van der Waals surface area contributed by atoms with E-state index in [1.54, 1.807) is 12.4 Å². The van der Waals surface area contributed by atoms with Crippen molar-refractivity contribution < 1.29 is 19.8 Å². The zero-order chi connectivity index (χ0) is 38.1. The van der Waals surface area contributed by atoms with E-state index in [2.05, 4.69) is 192 Å². The van der Waals surface area contributed by atoms with Gasteiger partial charge in [0.2, 0.25) is 0 Å². The number of hydrogen-bond donors (Lipinski definition) is 0. The fourth-order valence-corrected chi connectivity index (χ4v) is 10.8. The number of rotatable bonds is 7. The molecule has 0 aliphatic rings. The van der Waals surface area contributed by atoms with Gasteiger partial charge in [0.1, 0.15) is 31.8 Å². The molecule has 0 atom stereocenters. The molecular formula is C48H40N4OsP2+2. The Labute approximate surface area is 341 Å². The summed E-state index contributed by atoms with van der Waals surface area (Å²) in [6.07, 6.45) is 3.54. The summed E-state index contributed by atoms with van der Waals surface area (Å²) >= 11 is 0. The maximum atomic E-state index is 6.25. The molecule has 8 rings (SSSR count). The molecule has 8 aromatic rings. The SMILES string of the molecule is [C-]#N.[C-]#N.[Os+2].c1ccc(-c2ccccn2)nc1.c1ccc([PH+](c2ccccc2)c2ccccc2)cc1.c1ccc([PH+](c2ccccc2)c2ccccc2)cc1. The summed E-state index contributed by atoms with van der Waals surface area (Å²) in [5.41, 5.74) is 1.83. The van der Waals surface area contributed by atoms with Crippen LogP contribution in [0.1, 0.15) is 0 Å². The number of aromatic nitrogens is 2. The van der Waals surface area contributed by atoms with Crippen LogP contribution in [0.15, 0.2) is 231 Å². The van der Waals surface area contributed by atoms with E-state index in [0.29, 0.717) is 0 Å². The van der Waals surface area contributed by atoms with Crippen molar-refractivity contribution in [1.29, 1.82) is 10.5 Å². The van der Waals surface area contributed by atoms with Crippen LogP contribution in [0.5, 0.6) is 0 Å². The minimum atomic E-state index is -0.877. The molecule has 0 spiro atoms. The summed E-state index contributed by atoms with van der Waals surface area (Å²) in [5.74, 6) is 0. The van der Waals surface area contributed by atoms with Gasteiger partial charge in [-0.1, -0.05) is 121 Å². The van der Waals surface area contributed by atoms with Crippen LogP contribution in [-0.2, 0) is 19.8 Å². The van der Waals surface area contributed by atoms with Crippen molar-refractivity contribution >= 4 is 47.7 Å².